The number of rotatable bonds is 2. The first kappa shape index (κ1) is 10.5. The fraction of sp³-hybridized carbons (Fsp3) is 0.500. The Labute approximate surface area is 91.7 Å². The molecule has 1 unspecified atom stereocenters. The summed E-state index contributed by atoms with van der Waals surface area (Å²) in [6.07, 6.45) is 0.459. The largest absolute Gasteiger partial charge is 0.353 e. The van der Waals surface area contributed by atoms with Gasteiger partial charge >= 0.3 is 0 Å². The van der Waals surface area contributed by atoms with E-state index in [-0.39, 0.29) is 0 Å². The maximum absolute atomic E-state index is 3.43. The molecule has 0 saturated carbocycles. The predicted octanol–water partition coefficient (Wildman–Crippen LogP) is 0.984. The lowest BCUT2D eigenvalue weighted by molar-refractivity contribution is 0.253. The van der Waals surface area contributed by atoms with E-state index in [1.165, 1.54) is 5.69 Å². The van der Waals surface area contributed by atoms with Gasteiger partial charge in [0.15, 0.2) is 0 Å². The quantitative estimate of drug-likeness (QED) is 0.776. The van der Waals surface area contributed by atoms with E-state index in [4.69, 9.17) is 0 Å². The van der Waals surface area contributed by atoms with Crippen molar-refractivity contribution in [1.82, 2.24) is 10.2 Å². The fourth-order valence-electron chi connectivity index (χ4n) is 2.07. The van der Waals surface area contributed by atoms with Gasteiger partial charge in [-0.2, -0.15) is 0 Å². The van der Waals surface area contributed by atoms with Crippen LogP contribution < -0.4 is 10.2 Å². The third-order valence-corrected chi connectivity index (χ3v) is 2.90. The van der Waals surface area contributed by atoms with Crippen molar-refractivity contribution in [2.24, 2.45) is 0 Å². The van der Waals surface area contributed by atoms with E-state index in [1.807, 2.05) is 0 Å². The Hall–Kier alpha value is -1.06. The van der Waals surface area contributed by atoms with E-state index >= 15 is 0 Å². The maximum atomic E-state index is 3.43. The Kier molecular flexibility index (Phi) is 3.23. The second-order valence-corrected chi connectivity index (χ2v) is 4.18. The average molecular weight is 205 g/mol. The number of anilines is 1. The van der Waals surface area contributed by atoms with Crippen LogP contribution in [0, 0.1) is 0 Å². The molecule has 1 aromatic rings. The van der Waals surface area contributed by atoms with Gasteiger partial charge in [0.1, 0.15) is 0 Å². The summed E-state index contributed by atoms with van der Waals surface area (Å²) in [6, 6.07) is 10.6. The van der Waals surface area contributed by atoms with Gasteiger partial charge in [0.25, 0.3) is 0 Å². The first-order valence-electron chi connectivity index (χ1n) is 5.48. The van der Waals surface area contributed by atoms with Crippen LogP contribution in [-0.4, -0.2) is 44.8 Å². The molecule has 1 aromatic carbocycles. The minimum Gasteiger partial charge on any atom is -0.353 e. The average Bonchev–Trinajstić information content (AvgIpc) is 2.30. The van der Waals surface area contributed by atoms with Crippen molar-refractivity contribution in [2.45, 2.75) is 6.17 Å². The summed E-state index contributed by atoms with van der Waals surface area (Å²) in [5.74, 6) is 0. The third-order valence-electron chi connectivity index (χ3n) is 2.90. The number of para-hydroxylation sites is 1. The van der Waals surface area contributed by atoms with Gasteiger partial charge in [-0.05, 0) is 26.2 Å². The van der Waals surface area contributed by atoms with Crippen molar-refractivity contribution < 1.29 is 0 Å². The van der Waals surface area contributed by atoms with Gasteiger partial charge in [0.2, 0.25) is 0 Å². The zero-order valence-corrected chi connectivity index (χ0v) is 9.48. The van der Waals surface area contributed by atoms with Crippen molar-refractivity contribution in [2.75, 3.05) is 38.6 Å². The minimum atomic E-state index is 0.459. The van der Waals surface area contributed by atoms with Crippen molar-refractivity contribution in [3.05, 3.63) is 30.3 Å². The van der Waals surface area contributed by atoms with E-state index in [2.05, 4.69) is 59.5 Å². The smallest absolute Gasteiger partial charge is 0.0943 e. The normalized spacial score (nSPS) is 22.1. The Morgan fingerprint density at radius 1 is 1.27 bits per heavy atom. The monoisotopic (exact) mass is 205 g/mol. The molecule has 82 valence electrons. The number of piperazine rings is 1. The second kappa shape index (κ2) is 4.64. The lowest BCUT2D eigenvalue weighted by atomic mass is 10.2. The van der Waals surface area contributed by atoms with Crippen LogP contribution in [-0.2, 0) is 0 Å². The van der Waals surface area contributed by atoms with Gasteiger partial charge in [-0.15, -0.1) is 0 Å². The molecule has 3 heteroatoms. The molecule has 0 spiro atoms. The molecule has 3 nitrogen and oxygen atoms in total. The lowest BCUT2D eigenvalue weighted by Crippen LogP contribution is -2.57. The van der Waals surface area contributed by atoms with Gasteiger partial charge in [0.05, 0.1) is 6.17 Å². The summed E-state index contributed by atoms with van der Waals surface area (Å²) in [7, 11) is 4.27. The van der Waals surface area contributed by atoms with E-state index < -0.39 is 0 Å². The second-order valence-electron chi connectivity index (χ2n) is 4.18. The van der Waals surface area contributed by atoms with Gasteiger partial charge in [-0.1, -0.05) is 18.2 Å². The number of benzene rings is 1. The molecular formula is C12H19N3. The molecule has 15 heavy (non-hydrogen) atoms. The summed E-state index contributed by atoms with van der Waals surface area (Å²) in [5, 5.41) is 3.43. The summed E-state index contributed by atoms with van der Waals surface area (Å²) in [5.41, 5.74) is 1.32. The Morgan fingerprint density at radius 2 is 2.00 bits per heavy atom. The van der Waals surface area contributed by atoms with Crippen molar-refractivity contribution in [3.63, 3.8) is 0 Å². The molecule has 1 aliphatic rings. The van der Waals surface area contributed by atoms with Gasteiger partial charge in [0, 0.05) is 25.3 Å². The van der Waals surface area contributed by atoms with Gasteiger partial charge in [-0.25, -0.2) is 0 Å². The fourth-order valence-corrected chi connectivity index (χ4v) is 2.07. The highest BCUT2D eigenvalue weighted by atomic mass is 15.4. The highest BCUT2D eigenvalue weighted by Gasteiger charge is 2.23. The number of nitrogens with one attached hydrogen (secondary N) is 1. The van der Waals surface area contributed by atoms with Crippen LogP contribution >= 0.6 is 0 Å². The highest BCUT2D eigenvalue weighted by Crippen LogP contribution is 2.18. The molecule has 0 aliphatic carbocycles. The summed E-state index contributed by atoms with van der Waals surface area (Å²) >= 11 is 0. The van der Waals surface area contributed by atoms with Crippen molar-refractivity contribution >= 4 is 5.69 Å². The van der Waals surface area contributed by atoms with E-state index in [1.54, 1.807) is 0 Å². The van der Waals surface area contributed by atoms with Crippen LogP contribution in [0.2, 0.25) is 0 Å². The molecule has 1 aliphatic heterocycles. The molecule has 0 radical (unpaired) electrons. The lowest BCUT2D eigenvalue weighted by Gasteiger charge is -2.41. The Balaban J connectivity index is 2.18. The van der Waals surface area contributed by atoms with Crippen molar-refractivity contribution in [1.29, 1.82) is 0 Å². The SMILES string of the molecule is CN(C)C1CNCCN1c1ccccc1. The molecular weight excluding hydrogens is 186 g/mol. The molecule has 2 rings (SSSR count). The first-order valence-corrected chi connectivity index (χ1v) is 5.48. The molecule has 1 fully saturated rings. The van der Waals surface area contributed by atoms with Crippen molar-refractivity contribution in [3.8, 4) is 0 Å². The van der Waals surface area contributed by atoms with Gasteiger partial charge < -0.3 is 10.2 Å². The van der Waals surface area contributed by atoms with Gasteiger partial charge in [-0.3, -0.25) is 4.90 Å². The molecule has 0 bridgehead atoms. The first-order chi connectivity index (χ1) is 7.29. The van der Waals surface area contributed by atoms with Crippen LogP contribution in [0.15, 0.2) is 30.3 Å². The Morgan fingerprint density at radius 3 is 2.67 bits per heavy atom. The standard InChI is InChI=1S/C12H19N3/c1-14(2)12-10-13-8-9-15(12)11-6-4-3-5-7-11/h3-7,12-13H,8-10H2,1-2H3. The van der Waals surface area contributed by atoms with E-state index in [0.717, 1.165) is 19.6 Å². The summed E-state index contributed by atoms with van der Waals surface area (Å²) in [6.45, 7) is 3.17. The van der Waals surface area contributed by atoms with Crippen LogP contribution in [0.1, 0.15) is 0 Å². The van der Waals surface area contributed by atoms with Crippen LogP contribution in [0.25, 0.3) is 0 Å². The van der Waals surface area contributed by atoms with Crippen LogP contribution in [0.5, 0.6) is 0 Å². The zero-order chi connectivity index (χ0) is 10.7. The predicted molar refractivity (Wildman–Crippen MR) is 64.1 cm³/mol. The number of likely N-dealkylation sites (N-methyl/N-ethyl adjacent to an activating group) is 1. The topological polar surface area (TPSA) is 18.5 Å². The molecule has 1 atom stereocenters. The molecule has 1 saturated heterocycles. The number of hydrogen-bond acceptors (Lipinski definition) is 3. The van der Waals surface area contributed by atoms with Crippen LogP contribution in [0.3, 0.4) is 0 Å². The van der Waals surface area contributed by atoms with Crippen LogP contribution in [0.4, 0.5) is 5.69 Å². The zero-order valence-electron chi connectivity index (χ0n) is 9.48. The maximum Gasteiger partial charge on any atom is 0.0943 e. The molecule has 0 aromatic heterocycles. The molecule has 0 amide bonds. The Bertz CT molecular complexity index is 297. The molecule has 1 N–H and O–H groups in total. The third kappa shape index (κ3) is 2.30. The minimum absolute atomic E-state index is 0.459. The van der Waals surface area contributed by atoms with E-state index in [9.17, 15) is 0 Å². The highest BCUT2D eigenvalue weighted by molar-refractivity contribution is 5.47. The summed E-state index contributed by atoms with van der Waals surface area (Å²) in [4.78, 5) is 4.72. The number of hydrogen-bond donors (Lipinski definition) is 1. The summed E-state index contributed by atoms with van der Waals surface area (Å²) < 4.78 is 0. The molecule has 1 heterocycles. The number of nitrogens with zero attached hydrogens (tertiary/aromatic N) is 2. The van der Waals surface area contributed by atoms with E-state index in [0.29, 0.717) is 6.17 Å².